The van der Waals surface area contributed by atoms with Crippen LogP contribution in [0.25, 0.3) is 0 Å². The lowest BCUT2D eigenvalue weighted by Crippen LogP contribution is -2.64. The third-order valence-electron chi connectivity index (χ3n) is 7.56. The van der Waals surface area contributed by atoms with Crippen LogP contribution in [-0.4, -0.2) is 79.6 Å². The number of fused-ring (bicyclic) bond motifs is 1. The molecule has 170 valence electrons. The summed E-state index contributed by atoms with van der Waals surface area (Å²) in [5, 5.41) is 9.63. The van der Waals surface area contributed by atoms with Crippen LogP contribution in [0.2, 0.25) is 0 Å². The number of anilines is 1. The Morgan fingerprint density at radius 2 is 2.00 bits per heavy atom. The van der Waals surface area contributed by atoms with E-state index in [1.54, 1.807) is 19.3 Å². The van der Waals surface area contributed by atoms with Crippen molar-refractivity contribution in [2.24, 2.45) is 11.8 Å². The third-order valence-corrected chi connectivity index (χ3v) is 7.56. The van der Waals surface area contributed by atoms with Gasteiger partial charge in [0.15, 0.2) is 0 Å². The first-order chi connectivity index (χ1) is 15.0. The molecule has 8 nitrogen and oxygen atoms in total. The van der Waals surface area contributed by atoms with Crippen LogP contribution in [0.3, 0.4) is 0 Å². The molecule has 0 bridgehead atoms. The summed E-state index contributed by atoms with van der Waals surface area (Å²) in [6.07, 6.45) is 4.75. The van der Waals surface area contributed by atoms with Gasteiger partial charge in [-0.15, -0.1) is 0 Å². The van der Waals surface area contributed by atoms with Gasteiger partial charge in [0.25, 0.3) is 5.91 Å². The normalized spacial score (nSPS) is 30.3. The number of rotatable bonds is 5. The predicted octanol–water partition coefficient (Wildman–Crippen LogP) is 0.845. The number of hydrogen-bond donors (Lipinski definition) is 3. The molecule has 0 spiro atoms. The van der Waals surface area contributed by atoms with Crippen LogP contribution < -0.4 is 20.9 Å². The second kappa shape index (κ2) is 9.53. The van der Waals surface area contributed by atoms with Gasteiger partial charge in [-0.1, -0.05) is 6.92 Å². The highest BCUT2D eigenvalue weighted by Gasteiger charge is 2.40. The molecule has 4 unspecified atom stereocenters. The Labute approximate surface area is 185 Å². The Kier molecular flexibility index (Phi) is 6.77. The molecule has 0 aromatic carbocycles. The smallest absolute Gasteiger partial charge is 0.269 e. The van der Waals surface area contributed by atoms with Gasteiger partial charge >= 0.3 is 0 Å². The lowest BCUT2D eigenvalue weighted by molar-refractivity contribution is -0.129. The molecule has 3 aliphatic rings. The maximum Gasteiger partial charge on any atom is 0.269 e. The topological polar surface area (TPSA) is 89.6 Å². The number of piperazine rings is 1. The number of nitrogens with zero attached hydrogens (tertiary/aromatic N) is 3. The van der Waals surface area contributed by atoms with E-state index in [2.05, 4.69) is 44.6 Å². The first kappa shape index (κ1) is 22.0. The quantitative estimate of drug-likeness (QED) is 0.644. The molecular weight excluding hydrogens is 392 g/mol. The Balaban J connectivity index is 1.29. The molecule has 8 heteroatoms. The lowest BCUT2D eigenvalue weighted by atomic mass is 9.78. The lowest BCUT2D eigenvalue weighted by Gasteiger charge is -2.47. The number of pyridine rings is 1. The van der Waals surface area contributed by atoms with E-state index in [-0.39, 0.29) is 23.8 Å². The van der Waals surface area contributed by atoms with E-state index >= 15 is 0 Å². The fraction of sp³-hybridized carbons (Fsp3) is 0.696. The molecule has 4 heterocycles. The van der Waals surface area contributed by atoms with Gasteiger partial charge in [-0.2, -0.15) is 0 Å². The van der Waals surface area contributed by atoms with E-state index in [0.717, 1.165) is 57.7 Å². The summed E-state index contributed by atoms with van der Waals surface area (Å²) in [5.41, 5.74) is 1.51. The van der Waals surface area contributed by atoms with E-state index in [9.17, 15) is 9.59 Å². The summed E-state index contributed by atoms with van der Waals surface area (Å²) < 4.78 is 0. The van der Waals surface area contributed by atoms with Gasteiger partial charge in [-0.3, -0.25) is 14.5 Å². The second-order valence-corrected chi connectivity index (χ2v) is 9.21. The van der Waals surface area contributed by atoms with Crippen LogP contribution in [0.4, 0.5) is 5.69 Å². The van der Waals surface area contributed by atoms with Crippen LogP contribution in [0.1, 0.15) is 43.6 Å². The average molecular weight is 429 g/mol. The number of amides is 2. The molecule has 0 aliphatic carbocycles. The molecule has 1 aromatic heterocycles. The Hall–Kier alpha value is -2.19. The third kappa shape index (κ3) is 4.70. The molecule has 1 aromatic rings. The molecule has 4 rings (SSSR count). The van der Waals surface area contributed by atoms with Crippen LogP contribution >= 0.6 is 0 Å². The maximum absolute atomic E-state index is 12.3. The first-order valence-corrected chi connectivity index (χ1v) is 11.7. The number of aromatic nitrogens is 1. The highest BCUT2D eigenvalue weighted by atomic mass is 16.2. The number of piperidine rings is 2. The minimum atomic E-state index is -0.159. The summed E-state index contributed by atoms with van der Waals surface area (Å²) in [5.74, 6) is 0.784. The van der Waals surface area contributed by atoms with Gasteiger partial charge < -0.3 is 20.9 Å². The van der Waals surface area contributed by atoms with Crippen molar-refractivity contribution in [3.63, 3.8) is 0 Å². The average Bonchev–Trinajstić information content (AvgIpc) is 2.82. The van der Waals surface area contributed by atoms with E-state index < -0.39 is 0 Å². The number of carbonyl (C=O) groups excluding carboxylic acids is 2. The largest absolute Gasteiger partial charge is 0.368 e. The van der Waals surface area contributed by atoms with Gasteiger partial charge in [0.05, 0.1) is 11.9 Å². The highest BCUT2D eigenvalue weighted by molar-refractivity contribution is 5.92. The summed E-state index contributed by atoms with van der Waals surface area (Å²) in [6.45, 7) is 9.38. The first-order valence-electron chi connectivity index (χ1n) is 11.7. The van der Waals surface area contributed by atoms with Crippen molar-refractivity contribution < 1.29 is 9.59 Å². The van der Waals surface area contributed by atoms with E-state index in [4.69, 9.17) is 0 Å². The molecule has 31 heavy (non-hydrogen) atoms. The number of nitrogens with one attached hydrogen (secondary N) is 3. The minimum absolute atomic E-state index is 0.159. The summed E-state index contributed by atoms with van der Waals surface area (Å²) in [6, 6.07) is 4.94. The fourth-order valence-electron chi connectivity index (χ4n) is 5.38. The van der Waals surface area contributed by atoms with Crippen molar-refractivity contribution >= 4 is 17.5 Å². The van der Waals surface area contributed by atoms with Crippen molar-refractivity contribution in [3.05, 3.63) is 24.0 Å². The predicted molar refractivity (Wildman–Crippen MR) is 121 cm³/mol. The van der Waals surface area contributed by atoms with Crippen molar-refractivity contribution in [2.75, 3.05) is 44.7 Å². The van der Waals surface area contributed by atoms with E-state index in [1.165, 1.54) is 0 Å². The maximum atomic E-state index is 12.3. The van der Waals surface area contributed by atoms with Gasteiger partial charge in [-0.25, -0.2) is 4.98 Å². The Morgan fingerprint density at radius 3 is 2.65 bits per heavy atom. The van der Waals surface area contributed by atoms with Crippen LogP contribution in [0.5, 0.6) is 0 Å². The standard InChI is InChI=1S/C23H36N6O2/c1-4-16-11-20-21(27-22(16)30)12-17(13-25-20)15(2)28-7-9-29(10-8-28)18-5-6-19(26-14-18)23(31)24-3/h5-6,14-17,20-21,25H,4,7-13H2,1-3H3,(H,24,31)(H,27,30)/t15-,16?,17?,20?,21?/m0/s1. The molecule has 3 aliphatic heterocycles. The Morgan fingerprint density at radius 1 is 1.23 bits per heavy atom. The van der Waals surface area contributed by atoms with Crippen molar-refractivity contribution in [1.82, 2.24) is 25.8 Å². The van der Waals surface area contributed by atoms with Gasteiger partial charge in [0, 0.05) is 57.3 Å². The number of carbonyl (C=O) groups is 2. The zero-order chi connectivity index (χ0) is 22.0. The van der Waals surface area contributed by atoms with Gasteiger partial charge in [0.2, 0.25) is 5.91 Å². The molecule has 0 saturated carbocycles. The highest BCUT2D eigenvalue weighted by Crippen LogP contribution is 2.29. The zero-order valence-corrected chi connectivity index (χ0v) is 18.9. The monoisotopic (exact) mass is 428 g/mol. The molecular formula is C23H36N6O2. The van der Waals surface area contributed by atoms with Crippen LogP contribution in [-0.2, 0) is 4.79 Å². The SMILES string of the molecule is CCC1CC2NCC([C@H](C)N3CCN(c4ccc(C(=O)NC)nc4)CC3)CC2NC1=O. The Bertz CT molecular complexity index is 777. The number of hydrogen-bond acceptors (Lipinski definition) is 6. The van der Waals surface area contributed by atoms with Gasteiger partial charge in [-0.05, 0) is 50.8 Å². The molecule has 0 radical (unpaired) electrons. The summed E-state index contributed by atoms with van der Waals surface area (Å²) >= 11 is 0. The fourth-order valence-corrected chi connectivity index (χ4v) is 5.38. The van der Waals surface area contributed by atoms with Crippen LogP contribution in [0, 0.1) is 11.8 Å². The van der Waals surface area contributed by atoms with Gasteiger partial charge in [0.1, 0.15) is 5.69 Å². The van der Waals surface area contributed by atoms with Crippen LogP contribution in [0.15, 0.2) is 18.3 Å². The van der Waals surface area contributed by atoms with Crippen molar-refractivity contribution in [3.8, 4) is 0 Å². The molecule has 5 atom stereocenters. The molecule has 3 N–H and O–H groups in total. The zero-order valence-electron chi connectivity index (χ0n) is 18.9. The van der Waals surface area contributed by atoms with Crippen molar-refractivity contribution in [1.29, 1.82) is 0 Å². The van der Waals surface area contributed by atoms with E-state index in [0.29, 0.717) is 23.7 Å². The van der Waals surface area contributed by atoms with E-state index in [1.807, 2.05) is 6.07 Å². The van der Waals surface area contributed by atoms with Crippen molar-refractivity contribution in [2.45, 2.75) is 51.2 Å². The summed E-state index contributed by atoms with van der Waals surface area (Å²) in [4.78, 5) is 33.2. The summed E-state index contributed by atoms with van der Waals surface area (Å²) in [7, 11) is 1.62. The molecule has 2 amide bonds. The molecule has 3 saturated heterocycles. The molecule has 3 fully saturated rings. The minimum Gasteiger partial charge on any atom is -0.368 e. The second-order valence-electron chi connectivity index (χ2n) is 9.21.